The molecule has 0 aliphatic heterocycles. The number of nitrogens with one attached hydrogen (secondary N) is 1. The smallest absolute Gasteiger partial charge is 0.297 e. The number of benzene rings is 1. The summed E-state index contributed by atoms with van der Waals surface area (Å²) in [4.78, 5) is 24.3. The minimum Gasteiger partial charge on any atom is -0.360 e. The van der Waals surface area contributed by atoms with Gasteiger partial charge < -0.3 is 9.84 Å². The molecule has 0 unspecified atom stereocenters. The Morgan fingerprint density at radius 2 is 2.09 bits per heavy atom. The van der Waals surface area contributed by atoms with Crippen LogP contribution in [0.1, 0.15) is 11.5 Å². The van der Waals surface area contributed by atoms with Crippen LogP contribution in [0.4, 0.5) is 10.1 Å². The zero-order valence-corrected chi connectivity index (χ0v) is 12.5. The number of amides is 1. The molecular formula is C15H13FN4O3. The molecular weight excluding hydrogens is 303 g/mol. The second-order valence-corrected chi connectivity index (χ2v) is 5.04. The molecule has 118 valence electrons. The number of aromatic nitrogens is 3. The average Bonchev–Trinajstić information content (AvgIpc) is 2.89. The van der Waals surface area contributed by atoms with E-state index in [9.17, 15) is 14.0 Å². The molecule has 8 heteroatoms. The SMILES string of the molecule is Cc1nn(CC(=O)Nc2ccccc2F)c(=O)c2noc(C)c12. The fourth-order valence-corrected chi connectivity index (χ4v) is 2.34. The summed E-state index contributed by atoms with van der Waals surface area (Å²) in [6, 6.07) is 5.77. The molecule has 3 aromatic rings. The second-order valence-electron chi connectivity index (χ2n) is 5.04. The van der Waals surface area contributed by atoms with E-state index in [1.54, 1.807) is 19.9 Å². The molecule has 3 rings (SSSR count). The van der Waals surface area contributed by atoms with Gasteiger partial charge in [-0.15, -0.1) is 0 Å². The van der Waals surface area contributed by atoms with Crippen molar-refractivity contribution in [1.82, 2.24) is 14.9 Å². The van der Waals surface area contributed by atoms with E-state index >= 15 is 0 Å². The summed E-state index contributed by atoms with van der Waals surface area (Å²) in [5, 5.41) is 10.7. The summed E-state index contributed by atoms with van der Waals surface area (Å²) in [5.41, 5.74) is 0.150. The van der Waals surface area contributed by atoms with Crippen molar-refractivity contribution in [3.63, 3.8) is 0 Å². The van der Waals surface area contributed by atoms with Gasteiger partial charge in [-0.05, 0) is 26.0 Å². The summed E-state index contributed by atoms with van der Waals surface area (Å²) in [6.45, 7) is 3.02. The van der Waals surface area contributed by atoms with Crippen molar-refractivity contribution in [2.75, 3.05) is 5.32 Å². The lowest BCUT2D eigenvalue weighted by atomic mass is 10.2. The predicted octanol–water partition coefficient (Wildman–Crippen LogP) is 1.78. The van der Waals surface area contributed by atoms with E-state index in [0.29, 0.717) is 16.8 Å². The van der Waals surface area contributed by atoms with E-state index in [-0.39, 0.29) is 17.7 Å². The quantitative estimate of drug-likeness (QED) is 0.795. The maximum absolute atomic E-state index is 13.5. The van der Waals surface area contributed by atoms with Gasteiger partial charge in [0, 0.05) is 0 Å². The predicted molar refractivity (Wildman–Crippen MR) is 80.6 cm³/mol. The van der Waals surface area contributed by atoms with Crippen molar-refractivity contribution in [2.24, 2.45) is 0 Å². The molecule has 7 nitrogen and oxygen atoms in total. The molecule has 0 bridgehead atoms. The Bertz CT molecular complexity index is 961. The topological polar surface area (TPSA) is 90.0 Å². The van der Waals surface area contributed by atoms with Crippen molar-refractivity contribution in [1.29, 1.82) is 0 Å². The van der Waals surface area contributed by atoms with E-state index in [0.717, 1.165) is 4.68 Å². The Balaban J connectivity index is 1.90. The third-order valence-corrected chi connectivity index (χ3v) is 3.37. The minimum absolute atomic E-state index is 0.0422. The first-order valence-electron chi connectivity index (χ1n) is 6.85. The van der Waals surface area contributed by atoms with Crippen molar-refractivity contribution in [3.05, 3.63) is 51.9 Å². The van der Waals surface area contributed by atoms with Gasteiger partial charge in [0.15, 0.2) is 5.52 Å². The largest absolute Gasteiger partial charge is 0.360 e. The van der Waals surface area contributed by atoms with E-state index in [1.807, 2.05) is 0 Å². The number of para-hydroxylation sites is 1. The maximum Gasteiger partial charge on any atom is 0.297 e. The number of halogens is 1. The average molecular weight is 316 g/mol. The maximum atomic E-state index is 13.5. The van der Waals surface area contributed by atoms with Crippen LogP contribution in [0.5, 0.6) is 0 Å². The van der Waals surface area contributed by atoms with Gasteiger partial charge >= 0.3 is 0 Å². The van der Waals surface area contributed by atoms with Crippen LogP contribution in [-0.2, 0) is 11.3 Å². The molecule has 0 radical (unpaired) electrons. The van der Waals surface area contributed by atoms with Crippen LogP contribution in [0.15, 0.2) is 33.6 Å². The van der Waals surface area contributed by atoms with Gasteiger partial charge in [-0.25, -0.2) is 9.07 Å². The molecule has 0 aliphatic rings. The number of fused-ring (bicyclic) bond motifs is 1. The Labute approximate surface area is 129 Å². The van der Waals surface area contributed by atoms with E-state index in [4.69, 9.17) is 4.52 Å². The lowest BCUT2D eigenvalue weighted by molar-refractivity contribution is -0.117. The zero-order chi connectivity index (χ0) is 16.6. The molecule has 0 fully saturated rings. The van der Waals surface area contributed by atoms with Gasteiger partial charge in [0.05, 0.1) is 16.8 Å². The first kappa shape index (κ1) is 14.9. The normalized spacial score (nSPS) is 10.9. The van der Waals surface area contributed by atoms with Crippen LogP contribution >= 0.6 is 0 Å². The number of carbonyl (C=O) groups is 1. The van der Waals surface area contributed by atoms with E-state index < -0.39 is 17.3 Å². The van der Waals surface area contributed by atoms with Crippen LogP contribution in [-0.4, -0.2) is 20.8 Å². The summed E-state index contributed by atoms with van der Waals surface area (Å²) in [5.74, 6) is -0.631. The Kier molecular flexibility index (Phi) is 3.65. The molecule has 2 aromatic heterocycles. The van der Waals surface area contributed by atoms with Gasteiger partial charge in [0.2, 0.25) is 5.91 Å². The van der Waals surface area contributed by atoms with Crippen LogP contribution < -0.4 is 10.9 Å². The zero-order valence-electron chi connectivity index (χ0n) is 12.5. The minimum atomic E-state index is -0.566. The van der Waals surface area contributed by atoms with Crippen LogP contribution in [0.2, 0.25) is 0 Å². The second kappa shape index (κ2) is 5.64. The van der Waals surface area contributed by atoms with E-state index in [1.165, 1.54) is 18.2 Å². The molecule has 1 N–H and O–H groups in total. The van der Waals surface area contributed by atoms with Crippen molar-refractivity contribution >= 4 is 22.5 Å². The number of hydrogen-bond donors (Lipinski definition) is 1. The summed E-state index contributed by atoms with van der Waals surface area (Å²) in [7, 11) is 0. The number of carbonyl (C=O) groups excluding carboxylic acids is 1. The molecule has 2 heterocycles. The molecule has 0 saturated heterocycles. The van der Waals surface area contributed by atoms with Gasteiger partial charge in [-0.1, -0.05) is 17.3 Å². The standard InChI is InChI=1S/C15H13FN4O3/c1-8-13-9(2)23-19-14(13)15(22)20(18-8)7-12(21)17-11-6-4-3-5-10(11)16/h3-6H,7H2,1-2H3,(H,17,21). The highest BCUT2D eigenvalue weighted by Crippen LogP contribution is 2.16. The summed E-state index contributed by atoms with van der Waals surface area (Å²) < 4.78 is 19.5. The first-order valence-corrected chi connectivity index (χ1v) is 6.85. The number of anilines is 1. The Hall–Kier alpha value is -3.03. The summed E-state index contributed by atoms with van der Waals surface area (Å²) >= 11 is 0. The lowest BCUT2D eigenvalue weighted by Gasteiger charge is -2.08. The number of nitrogens with zero attached hydrogens (tertiary/aromatic N) is 3. The molecule has 0 atom stereocenters. The molecule has 0 saturated carbocycles. The fourth-order valence-electron chi connectivity index (χ4n) is 2.34. The molecule has 23 heavy (non-hydrogen) atoms. The van der Waals surface area contributed by atoms with Gasteiger partial charge in [-0.3, -0.25) is 9.59 Å². The van der Waals surface area contributed by atoms with Crippen LogP contribution in [0.25, 0.3) is 10.9 Å². The van der Waals surface area contributed by atoms with Gasteiger partial charge in [0.25, 0.3) is 5.56 Å². The highest BCUT2D eigenvalue weighted by Gasteiger charge is 2.17. The number of hydrogen-bond acceptors (Lipinski definition) is 5. The van der Waals surface area contributed by atoms with Gasteiger partial charge in [0.1, 0.15) is 18.1 Å². The third kappa shape index (κ3) is 2.70. The lowest BCUT2D eigenvalue weighted by Crippen LogP contribution is -2.30. The Morgan fingerprint density at radius 3 is 2.83 bits per heavy atom. The van der Waals surface area contributed by atoms with Crippen molar-refractivity contribution in [3.8, 4) is 0 Å². The van der Waals surface area contributed by atoms with Gasteiger partial charge in [-0.2, -0.15) is 5.10 Å². The van der Waals surface area contributed by atoms with Crippen molar-refractivity contribution in [2.45, 2.75) is 20.4 Å². The number of aryl methyl sites for hydroxylation is 2. The molecule has 1 amide bonds. The molecule has 0 aliphatic carbocycles. The highest BCUT2D eigenvalue weighted by atomic mass is 19.1. The van der Waals surface area contributed by atoms with Crippen LogP contribution in [0.3, 0.4) is 0 Å². The monoisotopic (exact) mass is 316 g/mol. The third-order valence-electron chi connectivity index (χ3n) is 3.37. The first-order chi connectivity index (χ1) is 11.0. The highest BCUT2D eigenvalue weighted by molar-refractivity contribution is 5.90. The fraction of sp³-hybridized carbons (Fsp3) is 0.200. The van der Waals surface area contributed by atoms with Crippen LogP contribution in [0, 0.1) is 19.7 Å². The molecule has 1 aromatic carbocycles. The molecule has 0 spiro atoms. The number of rotatable bonds is 3. The van der Waals surface area contributed by atoms with Crippen molar-refractivity contribution < 1.29 is 13.7 Å². The van der Waals surface area contributed by atoms with E-state index in [2.05, 4.69) is 15.6 Å². The summed E-state index contributed by atoms with van der Waals surface area (Å²) in [6.07, 6.45) is 0. The Morgan fingerprint density at radius 1 is 1.35 bits per heavy atom.